The predicted octanol–water partition coefficient (Wildman–Crippen LogP) is 4.96. The minimum absolute atomic E-state index is 0.0473. The molecule has 0 saturated carbocycles. The number of nitro groups is 1. The van der Waals surface area contributed by atoms with Gasteiger partial charge in [0.25, 0.3) is 5.69 Å². The highest BCUT2D eigenvalue weighted by molar-refractivity contribution is 7.18. The number of hydrogen-bond acceptors (Lipinski definition) is 7. The summed E-state index contributed by atoms with van der Waals surface area (Å²) >= 11 is 1.65. The maximum atomic E-state index is 11.1. The summed E-state index contributed by atoms with van der Waals surface area (Å²) in [6, 6.07) is 6.83. The molecule has 0 fully saturated rings. The van der Waals surface area contributed by atoms with Crippen molar-refractivity contribution in [2.24, 2.45) is 5.10 Å². The van der Waals surface area contributed by atoms with Crippen molar-refractivity contribution in [3.05, 3.63) is 56.8 Å². The molecule has 142 valence electrons. The van der Waals surface area contributed by atoms with E-state index >= 15 is 0 Å². The Kier molecular flexibility index (Phi) is 4.52. The minimum atomic E-state index is -0.401. The number of nitrogens with zero attached hydrogens (tertiary/aromatic N) is 4. The summed E-state index contributed by atoms with van der Waals surface area (Å²) < 4.78 is 0. The number of H-pyrrole nitrogens is 1. The average Bonchev–Trinajstić information content (AvgIpc) is 3.23. The van der Waals surface area contributed by atoms with Crippen molar-refractivity contribution in [1.82, 2.24) is 15.0 Å². The van der Waals surface area contributed by atoms with Gasteiger partial charge in [-0.05, 0) is 25.0 Å². The van der Waals surface area contributed by atoms with Crippen LogP contribution in [0.5, 0.6) is 0 Å². The molecule has 9 heteroatoms. The Labute approximate surface area is 164 Å². The number of fused-ring (bicyclic) bond motifs is 2. The number of hydrazone groups is 1. The molecule has 0 aliphatic rings. The molecule has 0 bridgehead atoms. The first-order valence-electron chi connectivity index (χ1n) is 8.74. The number of aromatic nitrogens is 3. The molecule has 4 rings (SSSR count). The van der Waals surface area contributed by atoms with Gasteiger partial charge < -0.3 is 4.98 Å². The first-order chi connectivity index (χ1) is 13.4. The molecule has 3 aromatic heterocycles. The maximum absolute atomic E-state index is 11.1. The molecule has 28 heavy (non-hydrogen) atoms. The molecule has 3 heterocycles. The number of thiophene rings is 1. The fourth-order valence-electron chi connectivity index (χ4n) is 3.02. The van der Waals surface area contributed by atoms with Crippen molar-refractivity contribution >= 4 is 50.2 Å². The normalized spacial score (nSPS) is 11.9. The number of aryl methyl sites for hydroxylation is 1. The average molecular weight is 394 g/mol. The SMILES string of the molecule is Cc1[nH]c2ccc([N+](=O)[O-])cc2c1C=NNc1ncnc2sc(C(C)C)cc12. The number of nitrogens with one attached hydrogen (secondary N) is 2. The zero-order valence-electron chi connectivity index (χ0n) is 15.6. The maximum Gasteiger partial charge on any atom is 0.270 e. The van der Waals surface area contributed by atoms with E-state index in [1.54, 1.807) is 29.7 Å². The van der Waals surface area contributed by atoms with Crippen LogP contribution < -0.4 is 5.43 Å². The van der Waals surface area contributed by atoms with Gasteiger partial charge in [-0.15, -0.1) is 11.3 Å². The second-order valence-electron chi connectivity index (χ2n) is 6.77. The van der Waals surface area contributed by atoms with Gasteiger partial charge in [-0.3, -0.25) is 15.5 Å². The van der Waals surface area contributed by atoms with E-state index in [9.17, 15) is 10.1 Å². The quantitative estimate of drug-likeness (QED) is 0.282. The van der Waals surface area contributed by atoms with Gasteiger partial charge in [0.05, 0.1) is 16.5 Å². The lowest BCUT2D eigenvalue weighted by Crippen LogP contribution is -1.95. The first kappa shape index (κ1) is 18.1. The van der Waals surface area contributed by atoms with Gasteiger partial charge >= 0.3 is 0 Å². The third kappa shape index (κ3) is 3.20. The first-order valence-corrected chi connectivity index (χ1v) is 9.56. The van der Waals surface area contributed by atoms with E-state index in [4.69, 9.17) is 0 Å². The number of non-ortho nitro benzene ring substituents is 1. The van der Waals surface area contributed by atoms with Crippen LogP contribution in [0.4, 0.5) is 11.5 Å². The van der Waals surface area contributed by atoms with E-state index < -0.39 is 4.92 Å². The van der Waals surface area contributed by atoms with Crippen LogP contribution >= 0.6 is 11.3 Å². The van der Waals surface area contributed by atoms with Crippen LogP contribution in [-0.4, -0.2) is 26.1 Å². The fraction of sp³-hybridized carbons (Fsp3) is 0.211. The van der Waals surface area contributed by atoms with Crippen LogP contribution in [0.1, 0.15) is 35.9 Å². The Morgan fingerprint density at radius 3 is 2.86 bits per heavy atom. The number of hydrogen-bond donors (Lipinski definition) is 2. The summed E-state index contributed by atoms with van der Waals surface area (Å²) in [5, 5.41) is 17.1. The van der Waals surface area contributed by atoms with Crippen LogP contribution in [0.2, 0.25) is 0 Å². The Morgan fingerprint density at radius 2 is 2.11 bits per heavy atom. The lowest BCUT2D eigenvalue weighted by atomic mass is 10.1. The fourth-order valence-corrected chi connectivity index (χ4v) is 4.02. The van der Waals surface area contributed by atoms with Crippen LogP contribution in [-0.2, 0) is 0 Å². The van der Waals surface area contributed by atoms with Gasteiger partial charge in [0.1, 0.15) is 11.2 Å². The topological polar surface area (TPSA) is 109 Å². The number of aromatic amines is 1. The van der Waals surface area contributed by atoms with Gasteiger partial charge in [0, 0.05) is 39.2 Å². The third-order valence-electron chi connectivity index (χ3n) is 4.51. The Morgan fingerprint density at radius 1 is 1.29 bits per heavy atom. The van der Waals surface area contributed by atoms with Gasteiger partial charge in [0.2, 0.25) is 0 Å². The Bertz CT molecular complexity index is 1220. The molecule has 0 amide bonds. The Balaban J connectivity index is 1.67. The highest BCUT2D eigenvalue weighted by Crippen LogP contribution is 2.32. The van der Waals surface area contributed by atoms with Gasteiger partial charge in [-0.2, -0.15) is 5.10 Å². The van der Waals surface area contributed by atoms with E-state index in [-0.39, 0.29) is 5.69 Å². The van der Waals surface area contributed by atoms with Gasteiger partial charge in [0.15, 0.2) is 5.82 Å². The van der Waals surface area contributed by atoms with Crippen LogP contribution in [0.3, 0.4) is 0 Å². The molecule has 0 spiro atoms. The van der Waals surface area contributed by atoms with Crippen LogP contribution in [0.25, 0.3) is 21.1 Å². The molecule has 8 nitrogen and oxygen atoms in total. The molecular weight excluding hydrogens is 376 g/mol. The summed E-state index contributed by atoms with van der Waals surface area (Å²) in [5.41, 5.74) is 5.54. The van der Waals surface area contributed by atoms with E-state index in [0.717, 1.165) is 32.4 Å². The van der Waals surface area contributed by atoms with E-state index in [2.05, 4.69) is 45.4 Å². The summed E-state index contributed by atoms with van der Waals surface area (Å²) in [4.78, 5) is 24.7. The van der Waals surface area contributed by atoms with Crippen molar-refractivity contribution < 1.29 is 4.92 Å². The lowest BCUT2D eigenvalue weighted by Gasteiger charge is -2.00. The van der Waals surface area contributed by atoms with E-state index in [0.29, 0.717) is 11.7 Å². The minimum Gasteiger partial charge on any atom is -0.358 e. The van der Waals surface area contributed by atoms with Crippen molar-refractivity contribution in [3.8, 4) is 0 Å². The molecule has 0 atom stereocenters. The molecule has 0 aliphatic heterocycles. The second kappa shape index (κ2) is 7.01. The van der Waals surface area contributed by atoms with Crippen molar-refractivity contribution in [2.75, 3.05) is 5.43 Å². The number of anilines is 1. The van der Waals surface area contributed by atoms with E-state index in [1.807, 2.05) is 6.92 Å². The second-order valence-corrected chi connectivity index (χ2v) is 7.83. The lowest BCUT2D eigenvalue weighted by molar-refractivity contribution is -0.384. The van der Waals surface area contributed by atoms with Gasteiger partial charge in [-0.25, -0.2) is 9.97 Å². The number of rotatable bonds is 5. The zero-order chi connectivity index (χ0) is 19.8. The van der Waals surface area contributed by atoms with Crippen LogP contribution in [0.15, 0.2) is 35.7 Å². The van der Waals surface area contributed by atoms with E-state index in [1.165, 1.54) is 17.3 Å². The largest absolute Gasteiger partial charge is 0.358 e. The smallest absolute Gasteiger partial charge is 0.270 e. The zero-order valence-corrected chi connectivity index (χ0v) is 16.4. The molecule has 0 aliphatic carbocycles. The number of nitro benzene ring substituents is 1. The third-order valence-corrected chi connectivity index (χ3v) is 5.86. The van der Waals surface area contributed by atoms with Crippen LogP contribution in [0, 0.1) is 17.0 Å². The van der Waals surface area contributed by atoms with Gasteiger partial charge in [-0.1, -0.05) is 13.8 Å². The standard InChI is InChI=1S/C19H18N6O2S/c1-10(2)17-7-14-18(20-9-21-19(14)28-17)24-22-8-15-11(3)23-16-5-4-12(25(26)27)6-13(15)16/h4-10,23H,1-3H3,(H,20,21,24). The summed E-state index contributed by atoms with van der Waals surface area (Å²) in [6.07, 6.45) is 3.17. The summed E-state index contributed by atoms with van der Waals surface area (Å²) in [7, 11) is 0. The molecule has 0 unspecified atom stereocenters. The summed E-state index contributed by atoms with van der Waals surface area (Å²) in [6.45, 7) is 6.19. The highest BCUT2D eigenvalue weighted by Gasteiger charge is 2.13. The number of benzene rings is 1. The van der Waals surface area contributed by atoms with Crippen molar-refractivity contribution in [3.63, 3.8) is 0 Å². The predicted molar refractivity (Wildman–Crippen MR) is 112 cm³/mol. The monoisotopic (exact) mass is 394 g/mol. The molecule has 0 radical (unpaired) electrons. The molecule has 2 N–H and O–H groups in total. The van der Waals surface area contributed by atoms with Crippen molar-refractivity contribution in [1.29, 1.82) is 0 Å². The molecule has 0 saturated heterocycles. The molecule has 4 aromatic rings. The molecule has 1 aromatic carbocycles. The van der Waals surface area contributed by atoms with Crippen molar-refractivity contribution in [2.45, 2.75) is 26.7 Å². The summed E-state index contributed by atoms with van der Waals surface area (Å²) in [5.74, 6) is 1.05. The highest BCUT2D eigenvalue weighted by atomic mass is 32.1. The molecular formula is C19H18N6O2S. The Hall–Kier alpha value is -3.33.